The van der Waals surface area contributed by atoms with Crippen LogP contribution in [0.2, 0.25) is 0 Å². The van der Waals surface area contributed by atoms with Gasteiger partial charge in [-0.1, -0.05) is 6.07 Å². The van der Waals surface area contributed by atoms with E-state index in [1.807, 2.05) is 6.07 Å². The third kappa shape index (κ3) is 1.66. The smallest absolute Gasteiger partial charge is 0.254 e. The van der Waals surface area contributed by atoms with E-state index in [2.05, 4.69) is 4.98 Å². The molecule has 2 heterocycles. The summed E-state index contributed by atoms with van der Waals surface area (Å²) in [7, 11) is 0. The third-order valence-corrected chi connectivity index (χ3v) is 2.40. The number of nitrogens with zero attached hydrogens (tertiary/aromatic N) is 2. The molecule has 0 bridgehead atoms. The minimum Gasteiger partial charge on any atom is -0.269 e. The Bertz CT molecular complexity index is 407. The van der Waals surface area contributed by atoms with Crippen molar-refractivity contribution in [3.63, 3.8) is 0 Å². The predicted molar refractivity (Wildman–Crippen MR) is 53.6 cm³/mol. The number of rotatable bonds is 2. The largest absolute Gasteiger partial charge is 0.269 e. The van der Waals surface area contributed by atoms with Gasteiger partial charge >= 0.3 is 0 Å². The molecule has 0 saturated heterocycles. The van der Waals surface area contributed by atoms with Crippen LogP contribution in [-0.2, 0) is 9.59 Å². The van der Waals surface area contributed by atoms with Gasteiger partial charge in [0.2, 0.25) is 0 Å². The Morgan fingerprint density at radius 2 is 1.93 bits per heavy atom. The van der Waals surface area contributed by atoms with E-state index in [0.717, 1.165) is 5.56 Å². The molecule has 1 aliphatic heterocycles. The fourth-order valence-electron chi connectivity index (χ4n) is 1.57. The highest BCUT2D eigenvalue weighted by atomic mass is 16.2. The first-order valence-corrected chi connectivity index (χ1v) is 4.65. The summed E-state index contributed by atoms with van der Waals surface area (Å²) in [6, 6.07) is 3.36. The molecular weight excluding hydrogens is 192 g/mol. The van der Waals surface area contributed by atoms with Gasteiger partial charge in [0.15, 0.2) is 0 Å². The standard InChI is InChI=1S/C11H10N2O2/c1-8(9-3-2-6-12-7-9)13-10(14)4-5-11(13)15/h2-8H,1H3/t8-/m1/s1. The van der Waals surface area contributed by atoms with Gasteiger partial charge in [0, 0.05) is 24.5 Å². The van der Waals surface area contributed by atoms with Crippen LogP contribution in [0.3, 0.4) is 0 Å². The fraction of sp³-hybridized carbons (Fsp3) is 0.182. The molecule has 4 heteroatoms. The van der Waals surface area contributed by atoms with Gasteiger partial charge in [-0.2, -0.15) is 0 Å². The van der Waals surface area contributed by atoms with E-state index in [1.54, 1.807) is 25.4 Å². The Labute approximate surface area is 87.2 Å². The maximum atomic E-state index is 11.4. The van der Waals surface area contributed by atoms with Crippen molar-refractivity contribution >= 4 is 11.8 Å². The molecule has 1 aromatic heterocycles. The molecule has 0 unspecified atom stereocenters. The minimum atomic E-state index is -0.270. The number of hydrogen-bond donors (Lipinski definition) is 0. The van der Waals surface area contributed by atoms with E-state index in [1.165, 1.54) is 17.1 Å². The topological polar surface area (TPSA) is 50.3 Å². The van der Waals surface area contributed by atoms with Crippen molar-refractivity contribution in [1.29, 1.82) is 0 Å². The van der Waals surface area contributed by atoms with Crippen molar-refractivity contribution in [2.24, 2.45) is 0 Å². The van der Waals surface area contributed by atoms with E-state index in [4.69, 9.17) is 0 Å². The van der Waals surface area contributed by atoms with Gasteiger partial charge < -0.3 is 0 Å². The summed E-state index contributed by atoms with van der Waals surface area (Å²) in [6.45, 7) is 1.81. The first kappa shape index (κ1) is 9.58. The molecule has 1 aliphatic rings. The number of carbonyl (C=O) groups excluding carboxylic acids is 2. The van der Waals surface area contributed by atoms with Crippen LogP contribution in [0.1, 0.15) is 18.5 Å². The normalized spacial score (nSPS) is 17.3. The average molecular weight is 202 g/mol. The zero-order chi connectivity index (χ0) is 10.8. The third-order valence-electron chi connectivity index (χ3n) is 2.40. The first-order valence-electron chi connectivity index (χ1n) is 4.65. The van der Waals surface area contributed by atoms with Crippen molar-refractivity contribution in [2.45, 2.75) is 13.0 Å². The number of hydrogen-bond acceptors (Lipinski definition) is 3. The van der Waals surface area contributed by atoms with Crippen LogP contribution >= 0.6 is 0 Å². The molecule has 2 amide bonds. The highest BCUT2D eigenvalue weighted by molar-refractivity contribution is 6.13. The molecule has 0 N–H and O–H groups in total. The second-order valence-corrected chi connectivity index (χ2v) is 3.34. The summed E-state index contributed by atoms with van der Waals surface area (Å²) in [4.78, 5) is 28.0. The van der Waals surface area contributed by atoms with Crippen LogP contribution in [0, 0.1) is 0 Å². The maximum Gasteiger partial charge on any atom is 0.254 e. The Morgan fingerprint density at radius 1 is 1.27 bits per heavy atom. The van der Waals surface area contributed by atoms with Gasteiger partial charge in [0.05, 0.1) is 6.04 Å². The lowest BCUT2D eigenvalue weighted by molar-refractivity contribution is -0.139. The summed E-state index contributed by atoms with van der Waals surface area (Å²) in [5.41, 5.74) is 0.850. The second kappa shape index (κ2) is 3.65. The molecule has 0 saturated carbocycles. The Hall–Kier alpha value is -1.97. The van der Waals surface area contributed by atoms with Gasteiger partial charge in [0.1, 0.15) is 0 Å². The lowest BCUT2D eigenvalue weighted by Gasteiger charge is -2.22. The van der Waals surface area contributed by atoms with Gasteiger partial charge in [-0.05, 0) is 18.6 Å². The lowest BCUT2D eigenvalue weighted by atomic mass is 10.1. The SMILES string of the molecule is C[C@H](c1cccnc1)N1C(=O)C=CC1=O. The van der Waals surface area contributed by atoms with Crippen LogP contribution in [0.15, 0.2) is 36.7 Å². The van der Waals surface area contributed by atoms with Crippen molar-refractivity contribution in [3.05, 3.63) is 42.2 Å². The van der Waals surface area contributed by atoms with Crippen molar-refractivity contribution in [2.75, 3.05) is 0 Å². The second-order valence-electron chi connectivity index (χ2n) is 3.34. The number of pyridine rings is 1. The van der Waals surface area contributed by atoms with Gasteiger partial charge in [-0.3, -0.25) is 19.5 Å². The Balaban J connectivity index is 2.26. The quantitative estimate of drug-likeness (QED) is 0.674. The van der Waals surface area contributed by atoms with Crippen molar-refractivity contribution < 1.29 is 9.59 Å². The van der Waals surface area contributed by atoms with E-state index in [0.29, 0.717) is 0 Å². The van der Waals surface area contributed by atoms with E-state index in [9.17, 15) is 9.59 Å². The van der Waals surface area contributed by atoms with Crippen molar-refractivity contribution in [1.82, 2.24) is 9.88 Å². The van der Waals surface area contributed by atoms with Crippen LogP contribution < -0.4 is 0 Å². The summed E-state index contributed by atoms with van der Waals surface area (Å²) in [5.74, 6) is -0.535. The number of imide groups is 1. The molecule has 1 atom stereocenters. The summed E-state index contributed by atoms with van der Waals surface area (Å²) in [5, 5.41) is 0. The van der Waals surface area contributed by atoms with Crippen LogP contribution in [-0.4, -0.2) is 21.7 Å². The monoisotopic (exact) mass is 202 g/mol. The van der Waals surface area contributed by atoms with Gasteiger partial charge in [-0.25, -0.2) is 0 Å². The van der Waals surface area contributed by atoms with Gasteiger partial charge in [-0.15, -0.1) is 0 Å². The summed E-state index contributed by atoms with van der Waals surface area (Å²) >= 11 is 0. The Morgan fingerprint density at radius 3 is 2.47 bits per heavy atom. The average Bonchev–Trinajstić information content (AvgIpc) is 2.59. The summed E-state index contributed by atoms with van der Waals surface area (Å²) < 4.78 is 0. The van der Waals surface area contributed by atoms with Crippen molar-refractivity contribution in [3.8, 4) is 0 Å². The highest BCUT2D eigenvalue weighted by Crippen LogP contribution is 2.22. The molecule has 76 valence electrons. The molecule has 0 fully saturated rings. The lowest BCUT2D eigenvalue weighted by Crippen LogP contribution is -2.32. The molecular formula is C11H10N2O2. The van der Waals surface area contributed by atoms with Crippen LogP contribution in [0.5, 0.6) is 0 Å². The zero-order valence-corrected chi connectivity index (χ0v) is 8.25. The van der Waals surface area contributed by atoms with E-state index in [-0.39, 0.29) is 17.9 Å². The minimum absolute atomic E-state index is 0.267. The number of aromatic nitrogens is 1. The Kier molecular flexibility index (Phi) is 2.33. The molecule has 0 radical (unpaired) electrons. The van der Waals surface area contributed by atoms with Crippen LogP contribution in [0.25, 0.3) is 0 Å². The molecule has 1 aromatic rings. The predicted octanol–water partition coefficient (Wildman–Crippen LogP) is 1.07. The molecule has 2 rings (SSSR count). The maximum absolute atomic E-state index is 11.4. The highest BCUT2D eigenvalue weighted by Gasteiger charge is 2.29. The first-order chi connectivity index (χ1) is 7.20. The molecule has 0 aliphatic carbocycles. The fourth-order valence-corrected chi connectivity index (χ4v) is 1.57. The van der Waals surface area contributed by atoms with Gasteiger partial charge in [0.25, 0.3) is 11.8 Å². The number of carbonyl (C=O) groups is 2. The van der Waals surface area contributed by atoms with Crippen LogP contribution in [0.4, 0.5) is 0 Å². The molecule has 4 nitrogen and oxygen atoms in total. The molecule has 0 spiro atoms. The molecule has 0 aromatic carbocycles. The van der Waals surface area contributed by atoms with E-state index >= 15 is 0 Å². The number of amides is 2. The molecule has 15 heavy (non-hydrogen) atoms. The summed E-state index contributed by atoms with van der Waals surface area (Å²) in [6.07, 6.45) is 5.88. The zero-order valence-electron chi connectivity index (χ0n) is 8.25. The van der Waals surface area contributed by atoms with E-state index < -0.39 is 0 Å².